The Bertz CT molecular complexity index is 65.4. The van der Waals surface area contributed by atoms with Crippen LogP contribution in [0.3, 0.4) is 0 Å². The smallest absolute Gasteiger partial charge is 0.668 e. The van der Waals surface area contributed by atoms with Crippen molar-refractivity contribution < 1.29 is 34.4 Å². The van der Waals surface area contributed by atoms with E-state index in [1.54, 1.807) is 0 Å². The summed E-state index contributed by atoms with van der Waals surface area (Å²) in [6, 6.07) is 0. The Morgan fingerprint density at radius 1 is 1.62 bits per heavy atom. The summed E-state index contributed by atoms with van der Waals surface area (Å²) in [5, 5.41) is 0. The Balaban J connectivity index is 0. The van der Waals surface area contributed by atoms with E-state index in [9.17, 15) is 4.79 Å². The van der Waals surface area contributed by atoms with E-state index in [1.165, 1.54) is 0 Å². The van der Waals surface area contributed by atoms with Gasteiger partial charge in [-0.1, -0.05) is 13.3 Å². The number of rotatable bonds is 3. The van der Waals surface area contributed by atoms with Gasteiger partial charge >= 0.3 is 29.6 Å². The summed E-state index contributed by atoms with van der Waals surface area (Å²) in [7, 11) is 0. The Hall–Kier alpha value is 0.470. The SMILES string of the molecule is CCCCC([NH-])=O.[Na+]. The van der Waals surface area contributed by atoms with Crippen molar-refractivity contribution in [1.29, 1.82) is 0 Å². The number of carbonyl (C=O) groups is 1. The van der Waals surface area contributed by atoms with Gasteiger partial charge < -0.3 is 10.5 Å². The van der Waals surface area contributed by atoms with Crippen LogP contribution in [0.4, 0.5) is 0 Å². The van der Waals surface area contributed by atoms with Crippen molar-refractivity contribution in [3.8, 4) is 0 Å². The molecule has 0 heterocycles. The van der Waals surface area contributed by atoms with Gasteiger partial charge in [-0.05, 0) is 12.8 Å². The van der Waals surface area contributed by atoms with Crippen LogP contribution in [0.25, 0.3) is 5.73 Å². The number of carbonyl (C=O) groups excluding carboxylic acids is 1. The van der Waals surface area contributed by atoms with E-state index < -0.39 is 5.91 Å². The average Bonchev–Trinajstić information content (AvgIpc) is 1.61. The molecule has 0 aromatic heterocycles. The number of amides is 1. The summed E-state index contributed by atoms with van der Waals surface area (Å²) in [5.41, 5.74) is 6.44. The van der Waals surface area contributed by atoms with Gasteiger partial charge in [0.15, 0.2) is 0 Å². The monoisotopic (exact) mass is 123 g/mol. The predicted octanol–water partition coefficient (Wildman–Crippen LogP) is -1.24. The van der Waals surface area contributed by atoms with Crippen LogP contribution in [0.5, 0.6) is 0 Å². The molecule has 8 heavy (non-hydrogen) atoms. The molecule has 0 radical (unpaired) electrons. The van der Waals surface area contributed by atoms with Crippen LogP contribution in [0, 0.1) is 0 Å². The predicted molar refractivity (Wildman–Crippen MR) is 28.9 cm³/mol. The minimum absolute atomic E-state index is 0. The third-order valence-corrected chi connectivity index (χ3v) is 0.757. The van der Waals surface area contributed by atoms with Gasteiger partial charge in [-0.15, -0.1) is 0 Å². The van der Waals surface area contributed by atoms with Gasteiger partial charge in [0, 0.05) is 5.91 Å². The van der Waals surface area contributed by atoms with Crippen LogP contribution in [0.2, 0.25) is 0 Å². The molecule has 42 valence electrons. The van der Waals surface area contributed by atoms with Crippen LogP contribution < -0.4 is 29.6 Å². The van der Waals surface area contributed by atoms with Crippen LogP contribution in [0.1, 0.15) is 26.2 Å². The van der Waals surface area contributed by atoms with E-state index in [0.717, 1.165) is 12.8 Å². The van der Waals surface area contributed by atoms with E-state index in [-0.39, 0.29) is 29.6 Å². The minimum atomic E-state index is -0.443. The van der Waals surface area contributed by atoms with E-state index in [0.29, 0.717) is 6.42 Å². The molecule has 1 amide bonds. The van der Waals surface area contributed by atoms with Gasteiger partial charge in [0.05, 0.1) is 0 Å². The molecule has 0 aromatic rings. The van der Waals surface area contributed by atoms with Crippen LogP contribution >= 0.6 is 0 Å². The molecule has 2 nitrogen and oxygen atoms in total. The fraction of sp³-hybridized carbons (Fsp3) is 0.800. The molecule has 0 fully saturated rings. The summed E-state index contributed by atoms with van der Waals surface area (Å²) in [6.07, 6.45) is 2.30. The summed E-state index contributed by atoms with van der Waals surface area (Å²) in [5.74, 6) is -0.443. The van der Waals surface area contributed by atoms with Gasteiger partial charge in [0.2, 0.25) is 0 Å². The fourth-order valence-corrected chi connectivity index (χ4v) is 0.337. The zero-order valence-electron chi connectivity index (χ0n) is 5.53. The number of hydrogen-bond donors (Lipinski definition) is 0. The van der Waals surface area contributed by atoms with Crippen LogP contribution in [0.15, 0.2) is 0 Å². The van der Waals surface area contributed by atoms with E-state index in [1.807, 2.05) is 6.92 Å². The second-order valence-corrected chi connectivity index (χ2v) is 1.53. The van der Waals surface area contributed by atoms with Crippen molar-refractivity contribution >= 4 is 5.91 Å². The Morgan fingerprint density at radius 3 is 2.25 bits per heavy atom. The molecule has 0 saturated heterocycles. The van der Waals surface area contributed by atoms with Crippen molar-refractivity contribution in [2.45, 2.75) is 26.2 Å². The first-order valence-corrected chi connectivity index (χ1v) is 2.51. The molecule has 0 rings (SSSR count). The van der Waals surface area contributed by atoms with Gasteiger partial charge in [-0.3, -0.25) is 0 Å². The second-order valence-electron chi connectivity index (χ2n) is 1.53. The molecule has 0 atom stereocenters. The molecule has 0 aliphatic carbocycles. The van der Waals surface area contributed by atoms with E-state index in [4.69, 9.17) is 5.73 Å². The van der Waals surface area contributed by atoms with Crippen molar-refractivity contribution in [1.82, 2.24) is 0 Å². The maximum atomic E-state index is 9.87. The van der Waals surface area contributed by atoms with E-state index >= 15 is 0 Å². The molecule has 1 N–H and O–H groups in total. The van der Waals surface area contributed by atoms with Crippen LogP contribution in [-0.4, -0.2) is 5.91 Å². The quantitative estimate of drug-likeness (QED) is 0.433. The summed E-state index contributed by atoms with van der Waals surface area (Å²) < 4.78 is 0. The largest absolute Gasteiger partial charge is 1.00 e. The zero-order chi connectivity index (χ0) is 5.70. The molecular formula is C5H10NNaO. The summed E-state index contributed by atoms with van der Waals surface area (Å²) >= 11 is 0. The van der Waals surface area contributed by atoms with Crippen LogP contribution in [-0.2, 0) is 4.79 Å². The summed E-state index contributed by atoms with van der Waals surface area (Å²) in [6.45, 7) is 2.00. The van der Waals surface area contributed by atoms with E-state index in [2.05, 4.69) is 0 Å². The average molecular weight is 123 g/mol. The first kappa shape index (κ1) is 11.3. The summed E-state index contributed by atoms with van der Waals surface area (Å²) in [4.78, 5) is 9.87. The maximum absolute atomic E-state index is 9.87. The molecule has 0 aliphatic heterocycles. The molecule has 0 saturated carbocycles. The molecule has 0 spiro atoms. The number of nitrogens with one attached hydrogen (secondary N) is 1. The third kappa shape index (κ3) is 9.69. The zero-order valence-corrected chi connectivity index (χ0v) is 7.53. The van der Waals surface area contributed by atoms with Gasteiger partial charge in [-0.2, -0.15) is 0 Å². The fourth-order valence-electron chi connectivity index (χ4n) is 0.337. The topological polar surface area (TPSA) is 40.9 Å². The first-order chi connectivity index (χ1) is 3.27. The Labute approximate surface area is 72.1 Å². The van der Waals surface area contributed by atoms with Crippen molar-refractivity contribution in [2.24, 2.45) is 0 Å². The van der Waals surface area contributed by atoms with Gasteiger partial charge in [0.1, 0.15) is 0 Å². The van der Waals surface area contributed by atoms with Crippen molar-refractivity contribution in [2.75, 3.05) is 0 Å². The second kappa shape index (κ2) is 7.47. The molecule has 0 aliphatic rings. The number of hydrogen-bond acceptors (Lipinski definition) is 1. The standard InChI is InChI=1S/C5H11NO.Na/c1-2-3-4-5(6)7;/h2-4H2,1H3,(H2,6,7);/q;+1/p-1. The normalized spacial score (nSPS) is 7.62. The maximum Gasteiger partial charge on any atom is 1.00 e. The minimum Gasteiger partial charge on any atom is -0.668 e. The van der Waals surface area contributed by atoms with Crippen molar-refractivity contribution in [3.63, 3.8) is 0 Å². The Kier molecular flexibility index (Phi) is 10.5. The molecule has 0 aromatic carbocycles. The Morgan fingerprint density at radius 2 is 2.12 bits per heavy atom. The van der Waals surface area contributed by atoms with Gasteiger partial charge in [0.25, 0.3) is 0 Å². The molecular weight excluding hydrogens is 113 g/mol. The van der Waals surface area contributed by atoms with Gasteiger partial charge in [-0.25, -0.2) is 0 Å². The molecule has 0 bridgehead atoms. The molecule has 0 unspecified atom stereocenters. The first-order valence-electron chi connectivity index (χ1n) is 2.51. The third-order valence-electron chi connectivity index (χ3n) is 0.757. The number of unbranched alkanes of at least 4 members (excludes halogenated alkanes) is 1. The molecule has 3 heteroatoms. The van der Waals surface area contributed by atoms with Crippen molar-refractivity contribution in [3.05, 3.63) is 5.73 Å².